The molecule has 0 spiro atoms. The Morgan fingerprint density at radius 2 is 2.04 bits per heavy atom. The standard InChI is InChI=1S/C15H18FN3OS3/c1-9(2)10(3)17-13(20)8-22-14-18-19(15(21)23-14)12-6-4-11(16)5-7-12/h4-7,9-10H,8H2,1-3H3,(H,17,20)/t10-/m1/s1. The summed E-state index contributed by atoms with van der Waals surface area (Å²) in [4.78, 5) is 11.9. The molecule has 1 aromatic heterocycles. The quantitative estimate of drug-likeness (QED) is 0.615. The molecule has 1 aromatic carbocycles. The van der Waals surface area contributed by atoms with Crippen LogP contribution in [0.4, 0.5) is 4.39 Å². The summed E-state index contributed by atoms with van der Waals surface area (Å²) >= 11 is 7.97. The number of rotatable bonds is 6. The first-order chi connectivity index (χ1) is 10.9. The van der Waals surface area contributed by atoms with Gasteiger partial charge in [0.25, 0.3) is 0 Å². The van der Waals surface area contributed by atoms with Crippen molar-refractivity contribution in [3.05, 3.63) is 34.0 Å². The highest BCUT2D eigenvalue weighted by Crippen LogP contribution is 2.24. The predicted octanol–water partition coefficient (Wildman–Crippen LogP) is 4.06. The topological polar surface area (TPSA) is 46.9 Å². The molecular formula is C15H18FN3OS3. The predicted molar refractivity (Wildman–Crippen MR) is 95.4 cm³/mol. The number of aromatic nitrogens is 2. The number of carbonyl (C=O) groups is 1. The minimum absolute atomic E-state index is 0.0225. The van der Waals surface area contributed by atoms with Crippen molar-refractivity contribution in [3.8, 4) is 5.69 Å². The highest BCUT2D eigenvalue weighted by atomic mass is 32.2. The molecule has 0 fully saturated rings. The molecular weight excluding hydrogens is 353 g/mol. The van der Waals surface area contributed by atoms with Crippen LogP contribution in [0.3, 0.4) is 0 Å². The summed E-state index contributed by atoms with van der Waals surface area (Å²) in [5.41, 5.74) is 0.706. The van der Waals surface area contributed by atoms with Crippen molar-refractivity contribution >= 4 is 41.2 Å². The largest absolute Gasteiger partial charge is 0.353 e. The Morgan fingerprint density at radius 3 is 2.65 bits per heavy atom. The first-order valence-electron chi connectivity index (χ1n) is 7.15. The molecule has 0 bridgehead atoms. The van der Waals surface area contributed by atoms with Gasteiger partial charge in [-0.2, -0.15) is 0 Å². The fraction of sp³-hybridized carbons (Fsp3) is 0.400. The van der Waals surface area contributed by atoms with Gasteiger partial charge in [0.05, 0.1) is 11.4 Å². The lowest BCUT2D eigenvalue weighted by Gasteiger charge is -2.16. The van der Waals surface area contributed by atoms with Gasteiger partial charge in [-0.05, 0) is 49.3 Å². The van der Waals surface area contributed by atoms with Crippen LogP contribution in [0.5, 0.6) is 0 Å². The van der Waals surface area contributed by atoms with E-state index in [1.165, 1.54) is 35.2 Å². The van der Waals surface area contributed by atoms with Crippen LogP contribution in [0, 0.1) is 15.7 Å². The van der Waals surface area contributed by atoms with E-state index in [1.54, 1.807) is 16.8 Å². The molecule has 2 aromatic rings. The highest BCUT2D eigenvalue weighted by molar-refractivity contribution is 8.01. The Kier molecular flexibility index (Phi) is 6.32. The highest BCUT2D eigenvalue weighted by Gasteiger charge is 2.13. The average Bonchev–Trinajstić information content (AvgIpc) is 2.87. The van der Waals surface area contributed by atoms with E-state index in [1.807, 2.05) is 6.92 Å². The van der Waals surface area contributed by atoms with Crippen molar-refractivity contribution in [3.63, 3.8) is 0 Å². The first-order valence-corrected chi connectivity index (χ1v) is 9.36. The van der Waals surface area contributed by atoms with Gasteiger partial charge in [0.15, 0.2) is 8.29 Å². The van der Waals surface area contributed by atoms with E-state index in [0.717, 1.165) is 0 Å². The number of benzene rings is 1. The molecule has 0 aliphatic carbocycles. The minimum atomic E-state index is -0.305. The van der Waals surface area contributed by atoms with Crippen LogP contribution in [0.2, 0.25) is 0 Å². The number of thioether (sulfide) groups is 1. The van der Waals surface area contributed by atoms with Crippen LogP contribution < -0.4 is 5.32 Å². The summed E-state index contributed by atoms with van der Waals surface area (Å²) in [6.07, 6.45) is 0. The van der Waals surface area contributed by atoms with Gasteiger partial charge in [0, 0.05) is 6.04 Å². The lowest BCUT2D eigenvalue weighted by molar-refractivity contribution is -0.119. The normalized spacial score (nSPS) is 12.4. The molecule has 0 radical (unpaired) electrons. The van der Waals surface area contributed by atoms with Gasteiger partial charge in [-0.15, -0.1) is 5.10 Å². The Labute approximate surface area is 148 Å². The molecule has 2 rings (SSSR count). The van der Waals surface area contributed by atoms with E-state index in [9.17, 15) is 9.18 Å². The molecule has 0 unspecified atom stereocenters. The third-order valence-electron chi connectivity index (χ3n) is 3.32. The van der Waals surface area contributed by atoms with Crippen LogP contribution in [-0.4, -0.2) is 27.5 Å². The summed E-state index contributed by atoms with van der Waals surface area (Å²) in [5, 5.41) is 7.34. The van der Waals surface area contributed by atoms with E-state index in [4.69, 9.17) is 12.2 Å². The summed E-state index contributed by atoms with van der Waals surface area (Å²) in [6.45, 7) is 6.11. The molecule has 1 atom stereocenters. The second-order valence-electron chi connectivity index (χ2n) is 5.41. The number of hydrogen-bond donors (Lipinski definition) is 1. The van der Waals surface area contributed by atoms with Gasteiger partial charge >= 0.3 is 0 Å². The van der Waals surface area contributed by atoms with E-state index < -0.39 is 0 Å². The summed E-state index contributed by atoms with van der Waals surface area (Å²) in [6, 6.07) is 6.11. The van der Waals surface area contributed by atoms with E-state index in [-0.39, 0.29) is 17.8 Å². The molecule has 0 saturated heterocycles. The molecule has 0 aliphatic rings. The third kappa shape index (κ3) is 5.12. The molecule has 1 amide bonds. The zero-order chi connectivity index (χ0) is 17.0. The van der Waals surface area contributed by atoms with Crippen LogP contribution >= 0.6 is 35.3 Å². The van der Waals surface area contributed by atoms with Crippen LogP contribution in [0.1, 0.15) is 20.8 Å². The number of nitrogens with one attached hydrogen (secondary N) is 1. The number of halogens is 1. The van der Waals surface area contributed by atoms with E-state index in [2.05, 4.69) is 24.3 Å². The lowest BCUT2D eigenvalue weighted by atomic mass is 10.1. The maximum atomic E-state index is 13.0. The molecule has 124 valence electrons. The first kappa shape index (κ1) is 18.1. The number of carbonyl (C=O) groups excluding carboxylic acids is 1. The second-order valence-corrected chi connectivity index (χ2v) is 8.26. The SMILES string of the molecule is CC(C)[C@@H](C)NC(=O)CSc1nn(-c2ccc(F)cc2)c(=S)s1. The van der Waals surface area contributed by atoms with Crippen LogP contribution in [-0.2, 0) is 4.79 Å². The maximum absolute atomic E-state index is 13.0. The van der Waals surface area contributed by atoms with Crippen molar-refractivity contribution in [2.45, 2.75) is 31.2 Å². The van der Waals surface area contributed by atoms with Gasteiger partial charge in [-0.25, -0.2) is 9.07 Å². The zero-order valence-corrected chi connectivity index (χ0v) is 15.5. The molecule has 0 saturated carbocycles. The zero-order valence-electron chi connectivity index (χ0n) is 13.1. The van der Waals surface area contributed by atoms with Gasteiger partial charge in [0.1, 0.15) is 5.82 Å². The third-order valence-corrected chi connectivity index (χ3v) is 5.68. The smallest absolute Gasteiger partial charge is 0.230 e. The van der Waals surface area contributed by atoms with Crippen molar-refractivity contribution < 1.29 is 9.18 Å². The van der Waals surface area contributed by atoms with Crippen molar-refractivity contribution in [2.24, 2.45) is 5.92 Å². The van der Waals surface area contributed by atoms with E-state index >= 15 is 0 Å². The maximum Gasteiger partial charge on any atom is 0.230 e. The van der Waals surface area contributed by atoms with Crippen molar-refractivity contribution in [1.29, 1.82) is 0 Å². The number of hydrogen-bond acceptors (Lipinski definition) is 5. The van der Waals surface area contributed by atoms with Gasteiger partial charge in [-0.1, -0.05) is 36.9 Å². The second kappa shape index (κ2) is 8.03. The van der Waals surface area contributed by atoms with Gasteiger partial charge in [0.2, 0.25) is 5.91 Å². The minimum Gasteiger partial charge on any atom is -0.353 e. The van der Waals surface area contributed by atoms with E-state index in [0.29, 0.717) is 25.7 Å². The fourth-order valence-corrected chi connectivity index (χ4v) is 3.83. The Bertz CT molecular complexity index is 724. The molecule has 4 nitrogen and oxygen atoms in total. The van der Waals surface area contributed by atoms with Crippen molar-refractivity contribution in [2.75, 3.05) is 5.75 Å². The van der Waals surface area contributed by atoms with Crippen LogP contribution in [0.25, 0.3) is 5.69 Å². The molecule has 0 aliphatic heterocycles. The Balaban J connectivity index is 2.00. The Morgan fingerprint density at radius 1 is 1.39 bits per heavy atom. The van der Waals surface area contributed by atoms with Gasteiger partial charge in [-0.3, -0.25) is 4.79 Å². The summed E-state index contributed by atoms with van der Waals surface area (Å²) in [7, 11) is 0. The summed E-state index contributed by atoms with van der Waals surface area (Å²) < 4.78 is 15.8. The fourth-order valence-electron chi connectivity index (χ4n) is 1.65. The van der Waals surface area contributed by atoms with Crippen LogP contribution in [0.15, 0.2) is 28.6 Å². The van der Waals surface area contributed by atoms with Crippen molar-refractivity contribution in [1.82, 2.24) is 15.1 Å². The molecule has 1 N–H and O–H groups in total. The molecule has 8 heteroatoms. The summed E-state index contributed by atoms with van der Waals surface area (Å²) in [5.74, 6) is 0.360. The number of amides is 1. The average molecular weight is 372 g/mol. The molecule has 1 heterocycles. The Hall–Kier alpha value is -1.25. The van der Waals surface area contributed by atoms with Gasteiger partial charge < -0.3 is 5.32 Å². The lowest BCUT2D eigenvalue weighted by Crippen LogP contribution is -2.37. The monoisotopic (exact) mass is 371 g/mol. The number of nitrogens with zero attached hydrogens (tertiary/aromatic N) is 2. The molecule has 23 heavy (non-hydrogen) atoms.